The third kappa shape index (κ3) is 4.45. The van der Waals surface area contributed by atoms with E-state index in [-0.39, 0.29) is 6.03 Å². The molecule has 2 aliphatic rings. The summed E-state index contributed by atoms with van der Waals surface area (Å²) in [5, 5.41) is 4.96. The highest BCUT2D eigenvalue weighted by Gasteiger charge is 2.30. The molecule has 2 aliphatic heterocycles. The van der Waals surface area contributed by atoms with Gasteiger partial charge in [0.1, 0.15) is 9.84 Å². The summed E-state index contributed by atoms with van der Waals surface area (Å²) in [6.45, 7) is 3.66. The molecule has 2 amide bonds. The van der Waals surface area contributed by atoms with Crippen molar-refractivity contribution < 1.29 is 13.2 Å². The molecular weight excluding hydrogens is 334 g/mol. The average molecular weight is 358 g/mol. The Labute approximate surface area is 141 Å². The number of hydrogen-bond donors (Lipinski definition) is 1. The first-order valence-corrected chi connectivity index (χ1v) is 10.7. The van der Waals surface area contributed by atoms with E-state index in [4.69, 9.17) is 0 Å². The van der Waals surface area contributed by atoms with E-state index < -0.39 is 9.84 Å². The van der Waals surface area contributed by atoms with E-state index in [0.717, 1.165) is 30.8 Å². The zero-order chi connectivity index (χ0) is 16.3. The van der Waals surface area contributed by atoms with Crippen LogP contribution in [0.2, 0.25) is 0 Å². The average Bonchev–Trinajstić information content (AvgIpc) is 3.06. The van der Waals surface area contributed by atoms with Gasteiger partial charge in [-0.05, 0) is 24.3 Å². The van der Waals surface area contributed by atoms with Gasteiger partial charge in [0.25, 0.3) is 0 Å². The van der Waals surface area contributed by atoms with Crippen LogP contribution in [-0.2, 0) is 16.4 Å². The van der Waals surface area contributed by atoms with E-state index in [2.05, 4.69) is 10.2 Å². The Morgan fingerprint density at radius 2 is 1.91 bits per heavy atom. The summed E-state index contributed by atoms with van der Waals surface area (Å²) in [6, 6.07) is 4.34. The Hall–Kier alpha value is -1.12. The maximum absolute atomic E-state index is 12.2. The molecule has 2 fully saturated rings. The van der Waals surface area contributed by atoms with Gasteiger partial charge in [-0.3, -0.25) is 4.90 Å². The number of carbonyl (C=O) groups is 1. The van der Waals surface area contributed by atoms with Gasteiger partial charge >= 0.3 is 6.03 Å². The molecule has 0 atom stereocenters. The molecule has 2 saturated heterocycles. The molecule has 0 aromatic carbocycles. The van der Waals surface area contributed by atoms with E-state index >= 15 is 0 Å². The third-order valence-electron chi connectivity index (χ3n) is 4.64. The van der Waals surface area contributed by atoms with Crippen molar-refractivity contribution in [1.82, 2.24) is 15.1 Å². The number of hydrogen-bond acceptors (Lipinski definition) is 5. The second-order valence-electron chi connectivity index (χ2n) is 6.14. The van der Waals surface area contributed by atoms with Crippen molar-refractivity contribution in [2.24, 2.45) is 0 Å². The Morgan fingerprint density at radius 3 is 2.52 bits per heavy atom. The Kier molecular flexibility index (Phi) is 5.23. The fourth-order valence-corrected chi connectivity index (χ4v) is 5.33. The second kappa shape index (κ2) is 7.19. The lowest BCUT2D eigenvalue weighted by Crippen LogP contribution is -2.55. The summed E-state index contributed by atoms with van der Waals surface area (Å²) < 4.78 is 23.0. The summed E-state index contributed by atoms with van der Waals surface area (Å²) in [6.07, 6.45) is 1.46. The summed E-state index contributed by atoms with van der Waals surface area (Å²) in [4.78, 5) is 17.5. The van der Waals surface area contributed by atoms with Gasteiger partial charge < -0.3 is 10.2 Å². The van der Waals surface area contributed by atoms with E-state index in [1.807, 2.05) is 22.4 Å². The fraction of sp³-hybridized carbons (Fsp3) is 0.667. The monoisotopic (exact) mass is 357 g/mol. The predicted molar refractivity (Wildman–Crippen MR) is 91.4 cm³/mol. The van der Waals surface area contributed by atoms with Crippen molar-refractivity contribution in [3.63, 3.8) is 0 Å². The third-order valence-corrected chi connectivity index (χ3v) is 7.23. The number of rotatable bonds is 3. The first-order valence-electron chi connectivity index (χ1n) is 8.03. The number of nitrogens with zero attached hydrogens (tertiary/aromatic N) is 2. The van der Waals surface area contributed by atoms with Crippen LogP contribution in [0.25, 0.3) is 0 Å². The molecule has 1 N–H and O–H groups in total. The number of sulfone groups is 1. The summed E-state index contributed by atoms with van der Waals surface area (Å²) in [5.41, 5.74) is 0. The van der Waals surface area contributed by atoms with Crippen LogP contribution in [-0.4, -0.2) is 68.0 Å². The standard InChI is InChI=1S/C15H23N3O3S2/c19-15(16-12-14-2-1-9-22-14)18-7-5-17(6-8-18)13-3-10-23(20,21)11-4-13/h1-2,9,13H,3-8,10-12H2,(H,16,19). The summed E-state index contributed by atoms with van der Waals surface area (Å²) in [7, 11) is -2.81. The molecule has 3 heterocycles. The molecule has 0 unspecified atom stereocenters. The zero-order valence-corrected chi connectivity index (χ0v) is 14.7. The number of amides is 2. The summed E-state index contributed by atoms with van der Waals surface area (Å²) in [5.74, 6) is 0.609. The lowest BCUT2D eigenvalue weighted by Gasteiger charge is -2.40. The van der Waals surface area contributed by atoms with Crippen molar-refractivity contribution in [1.29, 1.82) is 0 Å². The van der Waals surface area contributed by atoms with Crippen molar-refractivity contribution in [3.8, 4) is 0 Å². The van der Waals surface area contributed by atoms with Gasteiger partial charge in [-0.1, -0.05) is 6.07 Å². The molecule has 3 rings (SSSR count). The van der Waals surface area contributed by atoms with Gasteiger partial charge in [-0.25, -0.2) is 13.2 Å². The first kappa shape index (κ1) is 16.7. The SMILES string of the molecule is O=C(NCc1cccs1)N1CCN(C2CCS(=O)(=O)CC2)CC1. The van der Waals surface area contributed by atoms with Gasteiger partial charge in [0.15, 0.2) is 0 Å². The van der Waals surface area contributed by atoms with Crippen molar-refractivity contribution in [3.05, 3.63) is 22.4 Å². The Bertz CT molecular complexity index is 608. The minimum atomic E-state index is -2.81. The molecule has 1 aromatic heterocycles. The zero-order valence-electron chi connectivity index (χ0n) is 13.1. The minimum Gasteiger partial charge on any atom is -0.333 e. The number of carbonyl (C=O) groups excluding carboxylic acids is 1. The predicted octanol–water partition coefficient (Wildman–Crippen LogP) is 1.15. The molecular formula is C15H23N3O3S2. The Balaban J connectivity index is 1.42. The van der Waals surface area contributed by atoms with Crippen molar-refractivity contribution >= 4 is 27.2 Å². The Morgan fingerprint density at radius 1 is 1.22 bits per heavy atom. The van der Waals surface area contributed by atoms with Crippen LogP contribution in [0, 0.1) is 0 Å². The molecule has 0 saturated carbocycles. The second-order valence-corrected chi connectivity index (χ2v) is 9.48. The molecule has 128 valence electrons. The van der Waals surface area contributed by atoms with E-state index in [0.29, 0.717) is 37.2 Å². The molecule has 0 aliphatic carbocycles. The topological polar surface area (TPSA) is 69.7 Å². The quantitative estimate of drug-likeness (QED) is 0.881. The molecule has 23 heavy (non-hydrogen) atoms. The fourth-order valence-electron chi connectivity index (χ4n) is 3.22. The van der Waals surface area contributed by atoms with Crippen LogP contribution in [0.3, 0.4) is 0 Å². The van der Waals surface area contributed by atoms with Crippen molar-refractivity contribution in [2.45, 2.75) is 25.4 Å². The number of thiophene rings is 1. The van der Waals surface area contributed by atoms with Crippen LogP contribution in [0.5, 0.6) is 0 Å². The molecule has 6 nitrogen and oxygen atoms in total. The smallest absolute Gasteiger partial charge is 0.317 e. The minimum absolute atomic E-state index is 0.00993. The lowest BCUT2D eigenvalue weighted by atomic mass is 10.1. The van der Waals surface area contributed by atoms with Crippen molar-refractivity contribution in [2.75, 3.05) is 37.7 Å². The molecule has 8 heteroatoms. The van der Waals surface area contributed by atoms with Gasteiger partial charge in [0, 0.05) is 37.1 Å². The normalized spacial score (nSPS) is 22.9. The highest BCUT2D eigenvalue weighted by molar-refractivity contribution is 7.91. The van der Waals surface area contributed by atoms with Crippen LogP contribution in [0.1, 0.15) is 17.7 Å². The van der Waals surface area contributed by atoms with Crippen LogP contribution in [0.15, 0.2) is 17.5 Å². The van der Waals surface area contributed by atoms with Crippen LogP contribution in [0.4, 0.5) is 4.79 Å². The number of urea groups is 1. The van der Waals surface area contributed by atoms with Crippen LogP contribution < -0.4 is 5.32 Å². The first-order chi connectivity index (χ1) is 11.0. The molecule has 0 spiro atoms. The highest BCUT2D eigenvalue weighted by Crippen LogP contribution is 2.19. The van der Waals surface area contributed by atoms with E-state index in [1.165, 1.54) is 0 Å². The highest BCUT2D eigenvalue weighted by atomic mass is 32.2. The van der Waals surface area contributed by atoms with Gasteiger partial charge in [-0.2, -0.15) is 0 Å². The van der Waals surface area contributed by atoms with Gasteiger partial charge in [0.2, 0.25) is 0 Å². The van der Waals surface area contributed by atoms with Gasteiger partial charge in [-0.15, -0.1) is 11.3 Å². The molecule has 0 radical (unpaired) electrons. The molecule has 0 bridgehead atoms. The largest absolute Gasteiger partial charge is 0.333 e. The van der Waals surface area contributed by atoms with E-state index in [1.54, 1.807) is 11.3 Å². The number of nitrogens with one attached hydrogen (secondary N) is 1. The maximum atomic E-state index is 12.2. The van der Waals surface area contributed by atoms with Crippen LogP contribution >= 0.6 is 11.3 Å². The van der Waals surface area contributed by atoms with E-state index in [9.17, 15) is 13.2 Å². The maximum Gasteiger partial charge on any atom is 0.317 e. The lowest BCUT2D eigenvalue weighted by molar-refractivity contribution is 0.103. The molecule has 1 aromatic rings. The summed E-state index contributed by atoms with van der Waals surface area (Å²) >= 11 is 1.64. The number of piperazine rings is 1. The van der Waals surface area contributed by atoms with Gasteiger partial charge in [0.05, 0.1) is 18.1 Å².